The fraction of sp³-hybridized carbons (Fsp3) is 0.250. The topological polar surface area (TPSA) is 38.4 Å². The van der Waals surface area contributed by atoms with E-state index >= 15 is 0 Å². The average Bonchev–Trinajstić information content (AvgIpc) is 2.27. The first kappa shape index (κ1) is 10.5. The summed E-state index contributed by atoms with van der Waals surface area (Å²) in [5.74, 6) is 0.582. The van der Waals surface area contributed by atoms with Crippen LogP contribution >= 0.6 is 0 Å². The monoisotopic (exact) mass is 188 g/mol. The van der Waals surface area contributed by atoms with Crippen LogP contribution in [0.3, 0.4) is 0 Å². The van der Waals surface area contributed by atoms with Crippen molar-refractivity contribution in [2.75, 3.05) is 7.05 Å². The Bertz CT molecular complexity index is 343. The molecule has 2 N–H and O–H groups in total. The molecular formula is C12H16N2. The Morgan fingerprint density at radius 1 is 1.64 bits per heavy atom. The molecule has 0 amide bonds. The van der Waals surface area contributed by atoms with E-state index in [4.69, 9.17) is 5.73 Å². The van der Waals surface area contributed by atoms with Gasteiger partial charge < -0.3 is 5.73 Å². The molecule has 0 aliphatic heterocycles. The zero-order valence-corrected chi connectivity index (χ0v) is 8.59. The lowest BCUT2D eigenvalue weighted by Crippen LogP contribution is -2.15. The number of aliphatic imine (C=N–C) groups is 1. The van der Waals surface area contributed by atoms with Crippen LogP contribution in [0.1, 0.15) is 12.8 Å². The summed E-state index contributed by atoms with van der Waals surface area (Å²) in [6.07, 6.45) is 7.90. The van der Waals surface area contributed by atoms with E-state index < -0.39 is 0 Å². The van der Waals surface area contributed by atoms with Gasteiger partial charge >= 0.3 is 0 Å². The molecule has 0 radical (unpaired) electrons. The summed E-state index contributed by atoms with van der Waals surface area (Å²) in [4.78, 5) is 3.96. The predicted octanol–water partition coefficient (Wildman–Crippen LogP) is 2.36. The maximum Gasteiger partial charge on any atom is 0.125 e. The van der Waals surface area contributed by atoms with Gasteiger partial charge in [-0.05, 0) is 30.1 Å². The van der Waals surface area contributed by atoms with Crippen molar-refractivity contribution >= 4 is 5.84 Å². The Morgan fingerprint density at radius 3 is 2.93 bits per heavy atom. The van der Waals surface area contributed by atoms with Crippen LogP contribution in [0, 0.1) is 0 Å². The van der Waals surface area contributed by atoms with Gasteiger partial charge in [0, 0.05) is 12.6 Å². The molecule has 0 heterocycles. The zero-order valence-electron chi connectivity index (χ0n) is 8.59. The van der Waals surface area contributed by atoms with Gasteiger partial charge in [-0.15, -0.1) is 0 Å². The summed E-state index contributed by atoms with van der Waals surface area (Å²) in [5.41, 5.74) is 8.90. The fourth-order valence-electron chi connectivity index (χ4n) is 1.39. The molecule has 0 aromatic rings. The molecule has 0 aromatic heterocycles. The van der Waals surface area contributed by atoms with Crippen LogP contribution in [0.25, 0.3) is 0 Å². The minimum absolute atomic E-state index is 0.582. The van der Waals surface area contributed by atoms with Crippen LogP contribution in [0.4, 0.5) is 0 Å². The van der Waals surface area contributed by atoms with Gasteiger partial charge in [-0.25, -0.2) is 0 Å². The molecule has 0 bridgehead atoms. The molecule has 0 unspecified atom stereocenters. The molecule has 1 rings (SSSR count). The maximum absolute atomic E-state index is 5.73. The lowest BCUT2D eigenvalue weighted by molar-refractivity contribution is 0.971. The molecule has 74 valence electrons. The first-order chi connectivity index (χ1) is 6.69. The smallest absolute Gasteiger partial charge is 0.125 e. The molecule has 1 aliphatic rings. The highest BCUT2D eigenvalue weighted by molar-refractivity contribution is 5.99. The number of nitrogens with two attached hydrogens (primary N) is 1. The Balaban J connectivity index is 2.93. The van der Waals surface area contributed by atoms with E-state index in [0.717, 1.165) is 24.0 Å². The van der Waals surface area contributed by atoms with E-state index in [1.165, 1.54) is 5.57 Å². The zero-order chi connectivity index (χ0) is 10.6. The summed E-state index contributed by atoms with van der Waals surface area (Å²) in [5, 5.41) is 0. The minimum Gasteiger partial charge on any atom is -0.384 e. The van der Waals surface area contributed by atoms with Crippen LogP contribution in [0.15, 0.2) is 53.1 Å². The van der Waals surface area contributed by atoms with Crippen molar-refractivity contribution in [3.63, 3.8) is 0 Å². The predicted molar refractivity (Wildman–Crippen MR) is 62.3 cm³/mol. The van der Waals surface area contributed by atoms with Crippen LogP contribution in [0.2, 0.25) is 0 Å². The lowest BCUT2D eigenvalue weighted by Gasteiger charge is -2.13. The molecule has 1 aliphatic carbocycles. The first-order valence-electron chi connectivity index (χ1n) is 4.64. The van der Waals surface area contributed by atoms with Crippen molar-refractivity contribution in [3.05, 3.63) is 48.1 Å². The summed E-state index contributed by atoms with van der Waals surface area (Å²) in [7, 11) is 1.70. The number of hydrogen-bond donors (Lipinski definition) is 1. The van der Waals surface area contributed by atoms with Gasteiger partial charge in [-0.1, -0.05) is 25.3 Å². The number of rotatable bonds is 3. The van der Waals surface area contributed by atoms with Crippen LogP contribution in [-0.2, 0) is 0 Å². The van der Waals surface area contributed by atoms with E-state index in [-0.39, 0.29) is 0 Å². The second-order valence-electron chi connectivity index (χ2n) is 3.21. The van der Waals surface area contributed by atoms with Gasteiger partial charge in [-0.2, -0.15) is 0 Å². The third kappa shape index (κ3) is 2.22. The Morgan fingerprint density at radius 2 is 2.36 bits per heavy atom. The summed E-state index contributed by atoms with van der Waals surface area (Å²) >= 11 is 0. The molecule has 0 aromatic carbocycles. The summed E-state index contributed by atoms with van der Waals surface area (Å²) < 4.78 is 0. The Hall–Kier alpha value is -1.57. The van der Waals surface area contributed by atoms with Gasteiger partial charge in [-0.3, -0.25) is 4.99 Å². The first-order valence-corrected chi connectivity index (χ1v) is 4.64. The van der Waals surface area contributed by atoms with Crippen LogP contribution in [0.5, 0.6) is 0 Å². The minimum atomic E-state index is 0.582. The summed E-state index contributed by atoms with van der Waals surface area (Å²) in [6, 6.07) is 0. The Labute approximate surface area is 85.2 Å². The van der Waals surface area contributed by atoms with Gasteiger partial charge in [0.05, 0.1) is 0 Å². The fourth-order valence-corrected chi connectivity index (χ4v) is 1.39. The second-order valence-corrected chi connectivity index (χ2v) is 3.21. The standard InChI is InChI=1S/C12H16N2/c1-4-9(2)10-6-5-7-11(8-10)12(13)14-3/h4,7-8H,1-2,5-6H2,3H3,(H2,13,14). The highest BCUT2D eigenvalue weighted by Gasteiger charge is 2.08. The van der Waals surface area contributed by atoms with E-state index in [1.807, 2.05) is 6.08 Å². The summed E-state index contributed by atoms with van der Waals surface area (Å²) in [6.45, 7) is 7.63. The Kier molecular flexibility index (Phi) is 3.46. The van der Waals surface area contributed by atoms with E-state index in [2.05, 4.69) is 24.2 Å². The number of amidine groups is 1. The molecule has 14 heavy (non-hydrogen) atoms. The normalized spacial score (nSPS) is 17.1. The van der Waals surface area contributed by atoms with Gasteiger partial charge in [0.1, 0.15) is 5.84 Å². The maximum atomic E-state index is 5.73. The lowest BCUT2D eigenvalue weighted by atomic mass is 9.94. The molecule has 0 saturated heterocycles. The molecule has 0 spiro atoms. The van der Waals surface area contributed by atoms with Crippen molar-refractivity contribution in [2.45, 2.75) is 12.8 Å². The number of nitrogens with zero attached hydrogens (tertiary/aromatic N) is 1. The molecule has 0 fully saturated rings. The molecule has 2 nitrogen and oxygen atoms in total. The van der Waals surface area contributed by atoms with Crippen molar-refractivity contribution in [3.8, 4) is 0 Å². The van der Waals surface area contributed by atoms with Crippen LogP contribution in [-0.4, -0.2) is 12.9 Å². The van der Waals surface area contributed by atoms with E-state index in [0.29, 0.717) is 5.84 Å². The van der Waals surface area contributed by atoms with Gasteiger partial charge in [0.2, 0.25) is 0 Å². The SMILES string of the molecule is C=CC(=C)C1=CC(C(N)=NC)=CCC1. The molecule has 0 saturated carbocycles. The molecule has 2 heteroatoms. The van der Waals surface area contributed by atoms with Gasteiger partial charge in [0.25, 0.3) is 0 Å². The molecular weight excluding hydrogens is 172 g/mol. The third-order valence-corrected chi connectivity index (χ3v) is 2.30. The number of hydrogen-bond acceptors (Lipinski definition) is 1. The average molecular weight is 188 g/mol. The molecule has 0 atom stereocenters. The van der Waals surface area contributed by atoms with Crippen molar-refractivity contribution < 1.29 is 0 Å². The highest BCUT2D eigenvalue weighted by Crippen LogP contribution is 2.23. The highest BCUT2D eigenvalue weighted by atomic mass is 14.8. The van der Waals surface area contributed by atoms with Crippen LogP contribution < -0.4 is 5.73 Å². The quantitative estimate of drug-likeness (QED) is 0.412. The van der Waals surface area contributed by atoms with Gasteiger partial charge in [0.15, 0.2) is 0 Å². The largest absolute Gasteiger partial charge is 0.384 e. The third-order valence-electron chi connectivity index (χ3n) is 2.30. The van der Waals surface area contributed by atoms with Crippen molar-refractivity contribution in [1.29, 1.82) is 0 Å². The van der Waals surface area contributed by atoms with Crippen molar-refractivity contribution in [2.24, 2.45) is 10.7 Å². The second kappa shape index (κ2) is 4.61. The van der Waals surface area contributed by atoms with Crippen molar-refractivity contribution in [1.82, 2.24) is 0 Å². The number of allylic oxidation sites excluding steroid dienone is 4. The van der Waals surface area contributed by atoms with E-state index in [9.17, 15) is 0 Å². The van der Waals surface area contributed by atoms with E-state index in [1.54, 1.807) is 13.1 Å².